The number of benzene rings is 3. The molecule has 0 aliphatic rings. The molecule has 0 saturated carbocycles. The lowest BCUT2D eigenvalue weighted by Gasteiger charge is -2.23. The lowest BCUT2D eigenvalue weighted by Crippen LogP contribution is -2.52. The number of primary amides is 1. The number of aliphatic imine (C=N–C) groups is 1. The molecule has 244 valence electrons. The Balaban J connectivity index is 1.59. The molecule has 0 aliphatic carbocycles. The molecular formula is C34H36N6O7. The van der Waals surface area contributed by atoms with Crippen LogP contribution >= 0.6 is 0 Å². The van der Waals surface area contributed by atoms with Crippen LogP contribution in [0.25, 0.3) is 11.0 Å². The molecule has 3 amide bonds. The third-order valence-corrected chi connectivity index (χ3v) is 7.38. The molecule has 47 heavy (non-hydrogen) atoms. The van der Waals surface area contributed by atoms with Gasteiger partial charge in [0.25, 0.3) is 5.91 Å². The summed E-state index contributed by atoms with van der Waals surface area (Å²) in [5.74, 6) is -2.16. The van der Waals surface area contributed by atoms with Gasteiger partial charge >= 0.3 is 11.7 Å². The van der Waals surface area contributed by atoms with Crippen LogP contribution in [0.5, 0.6) is 0 Å². The Labute approximate surface area is 270 Å². The van der Waals surface area contributed by atoms with E-state index < -0.39 is 41.4 Å². The molecule has 2 atom stereocenters. The average molecular weight is 641 g/mol. The van der Waals surface area contributed by atoms with Gasteiger partial charge in [-0.2, -0.15) is 0 Å². The Hall–Kier alpha value is -5.98. The number of nitrogens with two attached hydrogens (primary N) is 3. The molecule has 4 rings (SSSR count). The summed E-state index contributed by atoms with van der Waals surface area (Å²) >= 11 is 0. The van der Waals surface area contributed by atoms with Crippen LogP contribution in [0, 0.1) is 6.92 Å². The normalized spacial score (nSPS) is 12.0. The first-order chi connectivity index (χ1) is 22.5. The number of nitrogens with one attached hydrogen (secondary N) is 2. The molecule has 4 aromatic rings. The van der Waals surface area contributed by atoms with E-state index in [1.54, 1.807) is 31.2 Å². The number of aryl methyl sites for hydroxylation is 1. The van der Waals surface area contributed by atoms with Crippen LogP contribution in [-0.4, -0.2) is 48.3 Å². The first-order valence-corrected chi connectivity index (χ1v) is 14.8. The van der Waals surface area contributed by atoms with Gasteiger partial charge in [-0.05, 0) is 42.5 Å². The summed E-state index contributed by atoms with van der Waals surface area (Å²) in [6.45, 7) is 1.75. The summed E-state index contributed by atoms with van der Waals surface area (Å²) < 4.78 is 10.7. The number of nitrogens with zero attached hydrogens (tertiary/aromatic N) is 1. The SMILES string of the molecule is Cc1c(C(N)=O)c(=O)oc2cc(C(=O)[C@H](CCCN=C(N)N)NC(=O)[C@H](Cc3ccccc3)NC(=O)OCc3ccccc3)ccc12. The Morgan fingerprint density at radius 1 is 0.872 bits per heavy atom. The number of hydrogen-bond donors (Lipinski definition) is 5. The molecular weight excluding hydrogens is 604 g/mol. The minimum atomic E-state index is -1.10. The number of carbonyl (C=O) groups excluding carboxylic acids is 4. The van der Waals surface area contributed by atoms with Crippen molar-refractivity contribution in [1.29, 1.82) is 0 Å². The predicted molar refractivity (Wildman–Crippen MR) is 176 cm³/mol. The van der Waals surface area contributed by atoms with Crippen LogP contribution in [0.4, 0.5) is 4.79 Å². The maximum atomic E-state index is 13.9. The molecule has 0 aliphatic heterocycles. The number of Topliss-reactive ketones (excluding diaryl/α,β-unsaturated/α-hetero) is 1. The van der Waals surface area contributed by atoms with Gasteiger partial charge in [0, 0.05) is 23.9 Å². The van der Waals surface area contributed by atoms with E-state index in [9.17, 15) is 24.0 Å². The van der Waals surface area contributed by atoms with Crippen molar-refractivity contribution in [3.05, 3.63) is 117 Å². The molecule has 1 aromatic heterocycles. The number of fused-ring (bicyclic) bond motifs is 1. The molecule has 0 spiro atoms. The van der Waals surface area contributed by atoms with E-state index in [1.165, 1.54) is 18.2 Å². The second-order valence-corrected chi connectivity index (χ2v) is 10.8. The summed E-state index contributed by atoms with van der Waals surface area (Å²) in [7, 11) is 0. The summed E-state index contributed by atoms with van der Waals surface area (Å²) in [5.41, 5.74) is 17.1. The van der Waals surface area contributed by atoms with Crippen LogP contribution in [0.15, 0.2) is 93.1 Å². The standard InChI is InChI=1S/C34H36N6O7/c1-20-24-15-14-23(18-27(24)47-32(44)28(20)30(35)42)29(41)25(13-8-16-38-33(36)37)39-31(43)26(17-21-9-4-2-5-10-21)40-34(45)46-19-22-11-6-3-7-12-22/h2-7,9-12,14-15,18,25-26H,8,13,16-17,19H2,1H3,(H2,35,42)(H,39,43)(H,40,45)(H4,36,37,38)/t25-,26-/m0/s1. The first-order valence-electron chi connectivity index (χ1n) is 14.8. The van der Waals surface area contributed by atoms with Gasteiger partial charge in [-0.25, -0.2) is 9.59 Å². The molecule has 8 N–H and O–H groups in total. The van der Waals surface area contributed by atoms with E-state index in [0.717, 1.165) is 11.1 Å². The third kappa shape index (κ3) is 9.26. The van der Waals surface area contributed by atoms with Crippen molar-refractivity contribution in [3.8, 4) is 0 Å². The second-order valence-electron chi connectivity index (χ2n) is 10.8. The molecule has 0 radical (unpaired) electrons. The van der Waals surface area contributed by atoms with Crippen molar-refractivity contribution in [1.82, 2.24) is 10.6 Å². The largest absolute Gasteiger partial charge is 0.445 e. The number of ketones is 1. The van der Waals surface area contributed by atoms with Crippen molar-refractivity contribution in [2.45, 2.75) is 44.9 Å². The number of carbonyl (C=O) groups is 4. The van der Waals surface area contributed by atoms with E-state index in [1.807, 2.05) is 36.4 Å². The lowest BCUT2D eigenvalue weighted by atomic mass is 9.96. The molecule has 0 bridgehead atoms. The lowest BCUT2D eigenvalue weighted by molar-refractivity contribution is -0.123. The Morgan fingerprint density at radius 2 is 1.53 bits per heavy atom. The maximum absolute atomic E-state index is 13.9. The molecule has 0 unspecified atom stereocenters. The zero-order valence-electron chi connectivity index (χ0n) is 25.7. The van der Waals surface area contributed by atoms with Gasteiger partial charge in [-0.15, -0.1) is 0 Å². The van der Waals surface area contributed by atoms with Gasteiger partial charge in [0.15, 0.2) is 11.7 Å². The second kappa shape index (κ2) is 15.8. The number of guanidine groups is 1. The Kier molecular flexibility index (Phi) is 11.4. The van der Waals surface area contributed by atoms with Crippen LogP contribution in [-0.2, 0) is 22.6 Å². The Morgan fingerprint density at radius 3 is 2.17 bits per heavy atom. The highest BCUT2D eigenvalue weighted by atomic mass is 16.5. The number of ether oxygens (including phenoxy) is 1. The van der Waals surface area contributed by atoms with Crippen LogP contribution in [0.2, 0.25) is 0 Å². The van der Waals surface area contributed by atoms with Crippen molar-refractivity contribution < 1.29 is 28.3 Å². The number of rotatable bonds is 14. The van der Waals surface area contributed by atoms with Gasteiger partial charge in [-0.3, -0.25) is 19.4 Å². The quantitative estimate of drug-likeness (QED) is 0.0448. The van der Waals surface area contributed by atoms with Gasteiger partial charge in [-0.1, -0.05) is 72.8 Å². The van der Waals surface area contributed by atoms with Crippen LogP contribution in [0.1, 0.15) is 50.2 Å². The smallest absolute Gasteiger partial charge is 0.408 e. The van der Waals surface area contributed by atoms with E-state index in [-0.39, 0.29) is 48.7 Å². The Bertz CT molecular complexity index is 1840. The minimum Gasteiger partial charge on any atom is -0.445 e. The maximum Gasteiger partial charge on any atom is 0.408 e. The first kappa shape index (κ1) is 33.9. The third-order valence-electron chi connectivity index (χ3n) is 7.38. The van der Waals surface area contributed by atoms with Crippen LogP contribution in [0.3, 0.4) is 0 Å². The molecule has 13 nitrogen and oxygen atoms in total. The molecule has 3 aromatic carbocycles. The fraction of sp³-hybridized carbons (Fsp3) is 0.235. The van der Waals surface area contributed by atoms with E-state index in [2.05, 4.69) is 15.6 Å². The minimum absolute atomic E-state index is 0.00322. The number of alkyl carbamates (subject to hydrolysis) is 1. The zero-order valence-corrected chi connectivity index (χ0v) is 25.7. The molecule has 0 saturated heterocycles. The number of hydrogen-bond acceptors (Lipinski definition) is 8. The van der Waals surface area contributed by atoms with E-state index in [0.29, 0.717) is 17.4 Å². The van der Waals surface area contributed by atoms with Crippen LogP contribution < -0.4 is 33.5 Å². The number of amides is 3. The summed E-state index contributed by atoms with van der Waals surface area (Å²) in [6, 6.07) is 20.4. The zero-order chi connectivity index (χ0) is 33.9. The van der Waals surface area contributed by atoms with Crippen molar-refractivity contribution in [2.24, 2.45) is 22.2 Å². The molecule has 0 fully saturated rings. The van der Waals surface area contributed by atoms with Crippen molar-refractivity contribution in [2.75, 3.05) is 6.54 Å². The molecule has 1 heterocycles. The highest BCUT2D eigenvalue weighted by Gasteiger charge is 2.28. The summed E-state index contributed by atoms with van der Waals surface area (Å²) in [4.78, 5) is 68.6. The predicted octanol–water partition coefficient (Wildman–Crippen LogP) is 2.46. The fourth-order valence-electron chi connectivity index (χ4n) is 5.01. The van der Waals surface area contributed by atoms with Gasteiger partial charge in [0.05, 0.1) is 6.04 Å². The van der Waals surface area contributed by atoms with Crippen molar-refractivity contribution in [3.63, 3.8) is 0 Å². The van der Waals surface area contributed by atoms with E-state index in [4.69, 9.17) is 26.4 Å². The molecule has 13 heteroatoms. The summed E-state index contributed by atoms with van der Waals surface area (Å²) in [6.07, 6.45) is -0.228. The van der Waals surface area contributed by atoms with Gasteiger partial charge in [0.1, 0.15) is 23.8 Å². The average Bonchev–Trinajstić information content (AvgIpc) is 3.05. The fourth-order valence-corrected chi connectivity index (χ4v) is 5.01. The monoisotopic (exact) mass is 640 g/mol. The highest BCUT2D eigenvalue weighted by Crippen LogP contribution is 2.22. The van der Waals surface area contributed by atoms with E-state index >= 15 is 0 Å². The summed E-state index contributed by atoms with van der Waals surface area (Å²) in [5, 5.41) is 5.82. The highest BCUT2D eigenvalue weighted by molar-refractivity contribution is 6.05. The van der Waals surface area contributed by atoms with Crippen molar-refractivity contribution >= 4 is 40.6 Å². The van der Waals surface area contributed by atoms with Gasteiger partial charge in [0.2, 0.25) is 5.91 Å². The topological polar surface area (TPSA) is 222 Å². The van der Waals surface area contributed by atoms with Gasteiger partial charge < -0.3 is 37.0 Å².